The summed E-state index contributed by atoms with van der Waals surface area (Å²) in [7, 11) is 1.34. The maximum Gasteiger partial charge on any atom is 0.337 e. The Morgan fingerprint density at radius 2 is 1.71 bits per heavy atom. The van der Waals surface area contributed by atoms with Crippen LogP contribution >= 0.6 is 0 Å². The molecule has 1 N–H and O–H groups in total. The highest BCUT2D eigenvalue weighted by Crippen LogP contribution is 2.11. The number of piperazine rings is 1. The van der Waals surface area contributed by atoms with E-state index in [2.05, 4.69) is 27.1 Å². The number of carbonyl (C=O) groups is 2. The minimum absolute atomic E-state index is 0.0858. The molecule has 1 aliphatic heterocycles. The number of hydrogen-bond donors (Lipinski definition) is 1. The molecular formula is C24H26N4O3. The van der Waals surface area contributed by atoms with E-state index in [-0.39, 0.29) is 17.4 Å². The van der Waals surface area contributed by atoms with E-state index in [0.717, 1.165) is 25.2 Å². The number of nitrogens with one attached hydrogen (secondary N) is 1. The first-order valence-corrected chi connectivity index (χ1v) is 10.2. The summed E-state index contributed by atoms with van der Waals surface area (Å²) in [5.41, 5.74) is 2.73. The number of esters is 1. The van der Waals surface area contributed by atoms with Gasteiger partial charge in [0.15, 0.2) is 0 Å². The molecule has 160 valence electrons. The van der Waals surface area contributed by atoms with Crippen LogP contribution in [0.2, 0.25) is 0 Å². The topological polar surface area (TPSA) is 85.7 Å². The van der Waals surface area contributed by atoms with Crippen LogP contribution in [0.25, 0.3) is 0 Å². The number of nitriles is 1. The fraction of sp³-hybridized carbons (Fsp3) is 0.292. The van der Waals surface area contributed by atoms with Gasteiger partial charge in [-0.1, -0.05) is 42.5 Å². The lowest BCUT2D eigenvalue weighted by molar-refractivity contribution is -0.128. The standard InChI is InChI=1S/C24H26N4O3/c1-31-24(30)21-9-7-19(8-10-21)16-26-17-22(15-25)23(29)28-13-11-27(12-14-28)18-20-5-3-2-4-6-20/h2-10,17,26H,11-14,16,18H2,1H3/b22-17-. The minimum Gasteiger partial charge on any atom is -0.465 e. The van der Waals surface area contributed by atoms with Gasteiger partial charge in [0.25, 0.3) is 5.91 Å². The molecule has 3 rings (SSSR count). The fourth-order valence-corrected chi connectivity index (χ4v) is 3.41. The summed E-state index contributed by atoms with van der Waals surface area (Å²) in [6.07, 6.45) is 1.47. The van der Waals surface area contributed by atoms with Gasteiger partial charge in [-0.25, -0.2) is 4.79 Å². The van der Waals surface area contributed by atoms with Crippen molar-refractivity contribution in [1.82, 2.24) is 15.1 Å². The Bertz CT molecular complexity index is 957. The fourth-order valence-electron chi connectivity index (χ4n) is 3.41. The van der Waals surface area contributed by atoms with Crippen LogP contribution in [-0.4, -0.2) is 55.0 Å². The van der Waals surface area contributed by atoms with Gasteiger partial charge >= 0.3 is 5.97 Å². The zero-order valence-corrected chi connectivity index (χ0v) is 17.6. The molecule has 0 atom stereocenters. The second-order valence-electron chi connectivity index (χ2n) is 7.29. The average molecular weight is 418 g/mol. The van der Waals surface area contributed by atoms with Gasteiger partial charge in [-0.05, 0) is 23.3 Å². The maximum absolute atomic E-state index is 12.7. The number of hydrogen-bond acceptors (Lipinski definition) is 6. The van der Waals surface area contributed by atoms with Crippen molar-refractivity contribution in [2.45, 2.75) is 13.1 Å². The molecule has 0 saturated carbocycles. The van der Waals surface area contributed by atoms with Crippen LogP contribution in [0, 0.1) is 11.3 Å². The highest BCUT2D eigenvalue weighted by Gasteiger charge is 2.23. The van der Waals surface area contributed by atoms with Crippen LogP contribution < -0.4 is 5.32 Å². The molecule has 0 bridgehead atoms. The van der Waals surface area contributed by atoms with E-state index in [1.165, 1.54) is 18.9 Å². The number of ether oxygens (including phenoxy) is 1. The van der Waals surface area contributed by atoms with Crippen molar-refractivity contribution in [1.29, 1.82) is 5.26 Å². The Morgan fingerprint density at radius 3 is 2.32 bits per heavy atom. The molecule has 2 aromatic rings. The lowest BCUT2D eigenvalue weighted by Crippen LogP contribution is -2.48. The van der Waals surface area contributed by atoms with Gasteiger partial charge in [0.2, 0.25) is 0 Å². The second kappa shape index (κ2) is 11.0. The Hall–Kier alpha value is -3.63. The molecule has 0 unspecified atom stereocenters. The van der Waals surface area contributed by atoms with Crippen LogP contribution in [0.15, 0.2) is 66.4 Å². The monoisotopic (exact) mass is 418 g/mol. The SMILES string of the molecule is COC(=O)c1ccc(CN/C=C(/C#N)C(=O)N2CCN(Cc3ccccc3)CC2)cc1. The van der Waals surface area contributed by atoms with Crippen LogP contribution in [0.5, 0.6) is 0 Å². The molecule has 1 heterocycles. The van der Waals surface area contributed by atoms with Crippen molar-refractivity contribution < 1.29 is 14.3 Å². The first kappa shape index (κ1) is 22.1. The molecule has 1 aliphatic rings. The molecular weight excluding hydrogens is 392 g/mol. The number of methoxy groups -OCH3 is 1. The second-order valence-corrected chi connectivity index (χ2v) is 7.29. The molecule has 2 aromatic carbocycles. The normalized spacial score (nSPS) is 14.6. The number of rotatable bonds is 7. The van der Waals surface area contributed by atoms with E-state index in [9.17, 15) is 14.9 Å². The van der Waals surface area contributed by atoms with Gasteiger partial charge in [0.05, 0.1) is 12.7 Å². The summed E-state index contributed by atoms with van der Waals surface area (Å²) in [6.45, 7) is 4.04. The highest BCUT2D eigenvalue weighted by molar-refractivity contribution is 5.97. The summed E-state index contributed by atoms with van der Waals surface area (Å²) in [6, 6.07) is 19.2. The third-order valence-electron chi connectivity index (χ3n) is 5.19. The summed E-state index contributed by atoms with van der Waals surface area (Å²) in [5, 5.41) is 12.4. The number of amides is 1. The van der Waals surface area contributed by atoms with Gasteiger partial charge in [-0.2, -0.15) is 5.26 Å². The van der Waals surface area contributed by atoms with Gasteiger partial charge in [-0.3, -0.25) is 9.69 Å². The number of benzene rings is 2. The Balaban J connectivity index is 1.49. The third kappa shape index (κ3) is 6.17. The summed E-state index contributed by atoms with van der Waals surface area (Å²) >= 11 is 0. The van der Waals surface area contributed by atoms with E-state index in [1.807, 2.05) is 24.3 Å². The molecule has 0 radical (unpaired) electrons. The Kier molecular flexibility index (Phi) is 7.79. The lowest BCUT2D eigenvalue weighted by Gasteiger charge is -2.34. The molecule has 0 aliphatic carbocycles. The van der Waals surface area contributed by atoms with E-state index < -0.39 is 0 Å². The van der Waals surface area contributed by atoms with Gasteiger partial charge < -0.3 is 15.0 Å². The minimum atomic E-state index is -0.388. The van der Waals surface area contributed by atoms with Crippen molar-refractivity contribution in [3.05, 3.63) is 83.1 Å². The zero-order chi connectivity index (χ0) is 22.1. The molecule has 1 fully saturated rings. The lowest BCUT2D eigenvalue weighted by atomic mass is 10.1. The Labute approximate surface area is 182 Å². The molecule has 0 aromatic heterocycles. The molecule has 31 heavy (non-hydrogen) atoms. The van der Waals surface area contributed by atoms with Gasteiger partial charge in [0.1, 0.15) is 11.6 Å². The van der Waals surface area contributed by atoms with Crippen LogP contribution in [0.1, 0.15) is 21.5 Å². The van der Waals surface area contributed by atoms with Crippen LogP contribution in [0.4, 0.5) is 0 Å². The first-order valence-electron chi connectivity index (χ1n) is 10.2. The van der Waals surface area contributed by atoms with E-state index in [1.54, 1.807) is 29.2 Å². The van der Waals surface area contributed by atoms with Crippen molar-refractivity contribution in [2.24, 2.45) is 0 Å². The number of carbonyl (C=O) groups excluding carboxylic acids is 2. The molecule has 1 amide bonds. The third-order valence-corrected chi connectivity index (χ3v) is 5.19. The molecule has 7 heteroatoms. The smallest absolute Gasteiger partial charge is 0.337 e. The molecule has 7 nitrogen and oxygen atoms in total. The average Bonchev–Trinajstić information content (AvgIpc) is 2.82. The molecule has 1 saturated heterocycles. The summed E-state index contributed by atoms with van der Waals surface area (Å²) in [5.74, 6) is -0.643. The largest absolute Gasteiger partial charge is 0.465 e. The summed E-state index contributed by atoms with van der Waals surface area (Å²) in [4.78, 5) is 28.2. The van der Waals surface area contributed by atoms with E-state index in [0.29, 0.717) is 25.2 Å². The molecule has 0 spiro atoms. The quantitative estimate of drug-likeness (QED) is 0.422. The van der Waals surface area contributed by atoms with Gasteiger partial charge in [0, 0.05) is 45.5 Å². The van der Waals surface area contributed by atoms with Crippen molar-refractivity contribution in [3.63, 3.8) is 0 Å². The van der Waals surface area contributed by atoms with Crippen molar-refractivity contribution in [2.75, 3.05) is 33.3 Å². The summed E-state index contributed by atoms with van der Waals surface area (Å²) < 4.78 is 4.68. The van der Waals surface area contributed by atoms with Crippen molar-refractivity contribution in [3.8, 4) is 6.07 Å². The predicted molar refractivity (Wildman–Crippen MR) is 117 cm³/mol. The van der Waals surface area contributed by atoms with Crippen LogP contribution in [-0.2, 0) is 22.6 Å². The van der Waals surface area contributed by atoms with Gasteiger partial charge in [-0.15, -0.1) is 0 Å². The highest BCUT2D eigenvalue weighted by atomic mass is 16.5. The van der Waals surface area contributed by atoms with Crippen LogP contribution in [0.3, 0.4) is 0 Å². The Morgan fingerprint density at radius 1 is 1.03 bits per heavy atom. The number of nitrogens with zero attached hydrogens (tertiary/aromatic N) is 3. The first-order chi connectivity index (χ1) is 15.1. The van der Waals surface area contributed by atoms with E-state index >= 15 is 0 Å². The maximum atomic E-state index is 12.7. The predicted octanol–water partition coefficient (Wildman–Crippen LogP) is 2.31. The zero-order valence-electron chi connectivity index (χ0n) is 17.6. The van der Waals surface area contributed by atoms with E-state index in [4.69, 9.17) is 0 Å². The van der Waals surface area contributed by atoms with Crippen molar-refractivity contribution >= 4 is 11.9 Å².